The highest BCUT2D eigenvalue weighted by Crippen LogP contribution is 2.71. The van der Waals surface area contributed by atoms with Crippen molar-refractivity contribution in [3.63, 3.8) is 0 Å². The molecule has 0 amide bonds. The van der Waals surface area contributed by atoms with Crippen molar-refractivity contribution in [2.45, 2.75) is 38.0 Å². The van der Waals surface area contributed by atoms with Gasteiger partial charge in [0.05, 0.1) is 55.1 Å². The Bertz CT molecular complexity index is 8980. The number of hydrogen-bond donors (Lipinski definition) is 0. The van der Waals surface area contributed by atoms with Crippen LogP contribution in [0.1, 0.15) is 72.3 Å². The third-order valence-electron chi connectivity index (χ3n) is 29.4. The molecule has 24 aromatic rings. The van der Waals surface area contributed by atoms with Crippen LogP contribution in [0.2, 0.25) is 0 Å². The SMILES string of the molecule is Cc1cccc(N(c2ccccc2)c2cc3c(c4oc5ccccc5c24)-c2c(cc(N(c4ccccc4)c4cccc(Cc5cccc(N(c6ccccc6)c6cc7c(c8oc9ccccc9c68)-c6c(cc(N(c8ccccc8)c8ccccc8C)c8c6oc6ccccc68)C76c7ccccc7-c7ccccc76)c5C)c4)c4c2oc2ccccc24)C32c3ccccc3-c3ccccc32)c1. The van der Waals surface area contributed by atoms with E-state index in [9.17, 15) is 0 Å². The number of rotatable bonds is 14. The van der Waals surface area contributed by atoms with E-state index in [0.29, 0.717) is 6.42 Å². The van der Waals surface area contributed by atoms with E-state index in [0.717, 1.165) is 223 Å². The Morgan fingerprint density at radius 2 is 0.507 bits per heavy atom. The minimum atomic E-state index is -0.913. The summed E-state index contributed by atoms with van der Waals surface area (Å²) in [6.07, 6.45) is 0.607. The quantitative estimate of drug-likeness (QED) is 0.107. The lowest BCUT2D eigenvalue weighted by Crippen LogP contribution is -2.26. The standard InChI is InChI=1S/C126H82N4O4/c1-76-37-34-49-85(69-76)127(81-41-8-4-9-42-81)105-72-99-117(121-113(105)91-55-21-30-65-109(91)131-121)118-100(125(99)95-59-25-17-51-87(95)88-52-18-26-60-96(88)125)73-106(114-92-56-22-31-66-110(92)132-122(114)118)128(82-43-10-5-11-44-82)86-50-35-39-79(71-86)70-80-40-36-64-104(78(80)3)130(84-47-14-7-15-48-84)108-75-102-120(124-116(108)94-58-24-33-68-112(94)134-124)119-101(126(102)97-61-27-19-53-89(97)90-54-20-28-62-98(90)126)74-107(115-93-57-23-32-67-111(93)133-123(115)119)129(83-45-12-6-13-46-83)103-63-29-16-38-77(103)2/h4-69,71-75H,70H2,1-3H3. The first-order valence-corrected chi connectivity index (χ1v) is 46.3. The van der Waals surface area contributed by atoms with E-state index in [1.807, 2.05) is 0 Å². The van der Waals surface area contributed by atoms with Crippen molar-refractivity contribution in [3.8, 4) is 44.5 Å². The maximum Gasteiger partial charge on any atom is 0.145 e. The van der Waals surface area contributed by atoms with Gasteiger partial charge >= 0.3 is 0 Å². The molecule has 0 saturated carbocycles. The Hall–Kier alpha value is -17.2. The van der Waals surface area contributed by atoms with E-state index in [-0.39, 0.29) is 0 Å². The Kier molecular flexibility index (Phi) is 16.3. The van der Waals surface area contributed by atoms with Crippen molar-refractivity contribution in [1.82, 2.24) is 0 Å². The average Bonchev–Trinajstić information content (AvgIpc) is 1.48. The van der Waals surface area contributed by atoms with Gasteiger partial charge in [0.2, 0.25) is 0 Å². The summed E-state index contributed by atoms with van der Waals surface area (Å²) in [6.45, 7) is 6.73. The fourth-order valence-corrected chi connectivity index (χ4v) is 24.0. The molecule has 0 saturated heterocycles. The van der Waals surface area contributed by atoms with Crippen molar-refractivity contribution in [2.75, 3.05) is 19.6 Å². The molecule has 2 spiro atoms. The lowest BCUT2D eigenvalue weighted by atomic mass is 9.70. The Balaban J connectivity index is 0.656. The molecule has 28 rings (SSSR count). The van der Waals surface area contributed by atoms with E-state index < -0.39 is 10.8 Å². The normalized spacial score (nSPS) is 13.2. The molecule has 4 aliphatic carbocycles. The zero-order valence-corrected chi connectivity index (χ0v) is 73.6. The molecule has 630 valence electrons. The molecule has 4 aromatic heterocycles. The van der Waals surface area contributed by atoms with Crippen LogP contribution >= 0.6 is 0 Å². The molecule has 8 nitrogen and oxygen atoms in total. The maximum atomic E-state index is 7.78. The van der Waals surface area contributed by atoms with E-state index in [1.165, 1.54) is 50.1 Å². The van der Waals surface area contributed by atoms with Gasteiger partial charge in [0.25, 0.3) is 0 Å². The van der Waals surface area contributed by atoms with Crippen LogP contribution in [0.5, 0.6) is 0 Å². The van der Waals surface area contributed by atoms with E-state index >= 15 is 0 Å². The van der Waals surface area contributed by atoms with Gasteiger partial charge in [-0.15, -0.1) is 0 Å². The largest absolute Gasteiger partial charge is 0.455 e. The molecule has 0 aliphatic heterocycles. The van der Waals surface area contributed by atoms with Crippen LogP contribution in [0, 0.1) is 20.8 Å². The highest BCUT2D eigenvalue weighted by atomic mass is 16.3. The van der Waals surface area contributed by atoms with Gasteiger partial charge in [0.15, 0.2) is 0 Å². The fourth-order valence-electron chi connectivity index (χ4n) is 24.0. The minimum absolute atomic E-state index is 0.607. The van der Waals surface area contributed by atoms with Crippen LogP contribution < -0.4 is 19.6 Å². The molecule has 4 aliphatic rings. The molecule has 0 bridgehead atoms. The van der Waals surface area contributed by atoms with Gasteiger partial charge in [-0.25, -0.2) is 0 Å². The van der Waals surface area contributed by atoms with Gasteiger partial charge in [0, 0.05) is 89.3 Å². The number of para-hydroxylation sites is 9. The average molecular weight is 1720 g/mol. The number of hydrogen-bond acceptors (Lipinski definition) is 8. The lowest BCUT2D eigenvalue weighted by molar-refractivity contribution is 0.665. The van der Waals surface area contributed by atoms with Gasteiger partial charge < -0.3 is 37.3 Å². The van der Waals surface area contributed by atoms with Gasteiger partial charge in [-0.1, -0.05) is 297 Å². The third kappa shape index (κ3) is 10.5. The van der Waals surface area contributed by atoms with Crippen LogP contribution in [0.15, 0.2) is 448 Å². The van der Waals surface area contributed by atoms with Crippen LogP contribution in [0.4, 0.5) is 68.2 Å². The third-order valence-corrected chi connectivity index (χ3v) is 29.4. The Labute approximate surface area is 773 Å². The Morgan fingerprint density at radius 1 is 0.216 bits per heavy atom. The van der Waals surface area contributed by atoms with Crippen molar-refractivity contribution < 1.29 is 17.7 Å². The van der Waals surface area contributed by atoms with Crippen LogP contribution in [0.25, 0.3) is 132 Å². The summed E-state index contributed by atoms with van der Waals surface area (Å²) in [5, 5.41) is 8.15. The molecule has 0 radical (unpaired) electrons. The minimum Gasteiger partial charge on any atom is -0.455 e. The molecular weight excluding hydrogens is 1630 g/mol. The molecule has 20 aromatic carbocycles. The summed E-state index contributed by atoms with van der Waals surface area (Å²) >= 11 is 0. The number of benzene rings is 20. The number of nitrogens with zero attached hydrogens (tertiary/aromatic N) is 4. The summed E-state index contributed by atoms with van der Waals surface area (Å²) in [7, 11) is 0. The smallest absolute Gasteiger partial charge is 0.145 e. The maximum absolute atomic E-state index is 7.78. The first-order chi connectivity index (χ1) is 66.3. The van der Waals surface area contributed by atoms with Crippen LogP contribution in [-0.4, -0.2) is 0 Å². The summed E-state index contributed by atoms with van der Waals surface area (Å²) in [4.78, 5) is 9.94. The van der Waals surface area contributed by atoms with E-state index in [2.05, 4.69) is 471 Å². The molecule has 4 heterocycles. The first-order valence-electron chi connectivity index (χ1n) is 46.3. The number of furan rings is 4. The summed E-state index contributed by atoms with van der Waals surface area (Å²) in [6, 6.07) is 159. The molecule has 0 unspecified atom stereocenters. The number of fused-ring (bicyclic) bond motifs is 36. The molecule has 0 N–H and O–H groups in total. The first kappa shape index (κ1) is 75.7. The second-order valence-corrected chi connectivity index (χ2v) is 36.4. The zero-order valence-electron chi connectivity index (χ0n) is 73.6. The molecule has 134 heavy (non-hydrogen) atoms. The predicted molar refractivity (Wildman–Crippen MR) is 550 cm³/mol. The monoisotopic (exact) mass is 1710 g/mol. The summed E-state index contributed by atoms with van der Waals surface area (Å²) < 4.78 is 30.9. The lowest BCUT2D eigenvalue weighted by Gasteiger charge is -2.34. The highest BCUT2D eigenvalue weighted by Gasteiger charge is 2.57. The van der Waals surface area contributed by atoms with Gasteiger partial charge in [-0.3, -0.25) is 0 Å². The molecule has 0 fully saturated rings. The fraction of sp³-hybridized carbons (Fsp3) is 0.0476. The van der Waals surface area contributed by atoms with Gasteiger partial charge in [-0.2, -0.15) is 0 Å². The highest BCUT2D eigenvalue weighted by molar-refractivity contribution is 6.28. The molecule has 0 atom stereocenters. The predicted octanol–water partition coefficient (Wildman–Crippen LogP) is 34.4. The molecular formula is C126H82N4O4. The summed E-state index contributed by atoms with van der Waals surface area (Å²) in [5.41, 5.74) is 40.8. The number of anilines is 12. The Morgan fingerprint density at radius 3 is 0.888 bits per heavy atom. The number of aryl methyl sites for hydroxylation is 2. The van der Waals surface area contributed by atoms with Crippen molar-refractivity contribution in [3.05, 3.63) is 503 Å². The van der Waals surface area contributed by atoms with Gasteiger partial charge in [-0.05, 0) is 255 Å². The van der Waals surface area contributed by atoms with Crippen LogP contribution in [0.3, 0.4) is 0 Å². The summed E-state index contributed by atoms with van der Waals surface area (Å²) in [5.74, 6) is 0. The van der Waals surface area contributed by atoms with Crippen molar-refractivity contribution in [2.24, 2.45) is 0 Å². The topological polar surface area (TPSA) is 65.5 Å². The van der Waals surface area contributed by atoms with Crippen LogP contribution in [-0.2, 0) is 17.3 Å². The van der Waals surface area contributed by atoms with E-state index in [4.69, 9.17) is 17.7 Å². The van der Waals surface area contributed by atoms with Crippen molar-refractivity contribution >= 4 is 156 Å². The second-order valence-electron chi connectivity index (χ2n) is 36.4. The van der Waals surface area contributed by atoms with E-state index in [1.54, 1.807) is 0 Å². The second kappa shape index (κ2) is 28.9. The zero-order chi connectivity index (χ0) is 88.3. The van der Waals surface area contributed by atoms with Gasteiger partial charge in [0.1, 0.15) is 44.7 Å². The molecule has 8 heteroatoms. The van der Waals surface area contributed by atoms with Crippen molar-refractivity contribution in [1.29, 1.82) is 0 Å².